The van der Waals surface area contributed by atoms with Crippen LogP contribution in [-0.2, 0) is 4.74 Å². The molecule has 14 heavy (non-hydrogen) atoms. The molecule has 0 aliphatic rings. The van der Waals surface area contributed by atoms with Gasteiger partial charge in [0.15, 0.2) is 5.82 Å². The Bertz CT molecular complexity index is 279. The third-order valence-electron chi connectivity index (χ3n) is 1.75. The van der Waals surface area contributed by atoms with Crippen LogP contribution in [0.5, 0.6) is 0 Å². The summed E-state index contributed by atoms with van der Waals surface area (Å²) >= 11 is 0. The number of aromatic nitrogens is 2. The predicted octanol–water partition coefficient (Wildman–Crippen LogP) is 0.896. The maximum Gasteiger partial charge on any atom is 0.152 e. The molecule has 0 saturated heterocycles. The Labute approximate surface area is 83.7 Å². The average Bonchev–Trinajstić information content (AvgIpc) is 2.17. The molecule has 1 unspecified atom stereocenters. The summed E-state index contributed by atoms with van der Waals surface area (Å²) < 4.78 is 5.36. The third-order valence-corrected chi connectivity index (χ3v) is 1.75. The second kappa shape index (κ2) is 5.39. The monoisotopic (exact) mass is 196 g/mol. The lowest BCUT2D eigenvalue weighted by Crippen LogP contribution is -2.20. The molecule has 0 radical (unpaired) electrons. The zero-order valence-electron chi connectivity index (χ0n) is 8.53. The first-order valence-corrected chi connectivity index (χ1v) is 4.65. The van der Waals surface area contributed by atoms with E-state index in [0.717, 1.165) is 0 Å². The van der Waals surface area contributed by atoms with E-state index in [1.807, 2.05) is 13.8 Å². The molecule has 0 fully saturated rings. The fourth-order valence-electron chi connectivity index (χ4n) is 1.07. The molecule has 0 aliphatic carbocycles. The lowest BCUT2D eigenvalue weighted by molar-refractivity contribution is 0.0855. The molecule has 0 spiro atoms. The van der Waals surface area contributed by atoms with Crippen LogP contribution in [-0.4, -0.2) is 29.2 Å². The van der Waals surface area contributed by atoms with Crippen LogP contribution in [0.2, 0.25) is 0 Å². The summed E-state index contributed by atoms with van der Waals surface area (Å²) in [4.78, 5) is 7.81. The van der Waals surface area contributed by atoms with Crippen molar-refractivity contribution in [3.63, 3.8) is 0 Å². The molecule has 1 heterocycles. The summed E-state index contributed by atoms with van der Waals surface area (Å²) in [5.41, 5.74) is 6.20. The topological polar surface area (TPSA) is 73.1 Å². The van der Waals surface area contributed by atoms with E-state index >= 15 is 0 Å². The number of hydrogen-bond acceptors (Lipinski definition) is 5. The van der Waals surface area contributed by atoms with E-state index < -0.39 is 0 Å². The van der Waals surface area contributed by atoms with Crippen LogP contribution in [0.15, 0.2) is 12.5 Å². The van der Waals surface area contributed by atoms with Crippen molar-refractivity contribution in [2.24, 2.45) is 0 Å². The Balaban J connectivity index is 2.41. The molecule has 0 bridgehead atoms. The van der Waals surface area contributed by atoms with Gasteiger partial charge in [0.2, 0.25) is 0 Å². The molecular formula is C9H16N4O. The van der Waals surface area contributed by atoms with E-state index in [4.69, 9.17) is 10.5 Å². The molecule has 1 aromatic rings. The number of ether oxygens (including phenoxy) is 1. The fraction of sp³-hybridized carbons (Fsp3) is 0.556. The van der Waals surface area contributed by atoms with Crippen LogP contribution >= 0.6 is 0 Å². The summed E-state index contributed by atoms with van der Waals surface area (Å²) in [6, 6.07) is 0. The standard InChI is InChI=1S/C9H16N4O/c1-3-14-7(2)4-12-9-8(10)5-11-6-13-9/h5-7H,3-4,10H2,1-2H3,(H,11,12,13). The van der Waals surface area contributed by atoms with Crippen LogP contribution in [0.1, 0.15) is 13.8 Å². The largest absolute Gasteiger partial charge is 0.394 e. The van der Waals surface area contributed by atoms with Gasteiger partial charge in [-0.1, -0.05) is 0 Å². The quantitative estimate of drug-likeness (QED) is 0.731. The molecule has 78 valence electrons. The van der Waals surface area contributed by atoms with E-state index in [-0.39, 0.29) is 6.10 Å². The Morgan fingerprint density at radius 2 is 2.43 bits per heavy atom. The van der Waals surface area contributed by atoms with Crippen LogP contribution in [0.4, 0.5) is 11.5 Å². The molecule has 1 atom stereocenters. The zero-order valence-corrected chi connectivity index (χ0v) is 8.53. The number of nitrogens with one attached hydrogen (secondary N) is 1. The van der Waals surface area contributed by atoms with Gasteiger partial charge in [-0.05, 0) is 13.8 Å². The first-order chi connectivity index (χ1) is 6.74. The van der Waals surface area contributed by atoms with Crippen molar-refractivity contribution in [1.29, 1.82) is 0 Å². The molecule has 5 heteroatoms. The molecule has 0 aromatic carbocycles. The summed E-state index contributed by atoms with van der Waals surface area (Å²) in [6.07, 6.45) is 3.18. The fourth-order valence-corrected chi connectivity index (χ4v) is 1.07. The van der Waals surface area contributed by atoms with Gasteiger partial charge < -0.3 is 15.8 Å². The van der Waals surface area contributed by atoms with Crippen molar-refractivity contribution >= 4 is 11.5 Å². The molecule has 0 amide bonds. The second-order valence-electron chi connectivity index (χ2n) is 2.97. The number of nitrogens with two attached hydrogens (primary N) is 1. The van der Waals surface area contributed by atoms with Gasteiger partial charge in [0.05, 0.1) is 18.0 Å². The highest BCUT2D eigenvalue weighted by Gasteiger charge is 2.03. The van der Waals surface area contributed by atoms with E-state index in [9.17, 15) is 0 Å². The Kier molecular flexibility index (Phi) is 4.12. The summed E-state index contributed by atoms with van der Waals surface area (Å²) in [5, 5.41) is 3.10. The highest BCUT2D eigenvalue weighted by molar-refractivity contribution is 5.58. The number of rotatable bonds is 5. The predicted molar refractivity (Wildman–Crippen MR) is 56.0 cm³/mol. The van der Waals surface area contributed by atoms with Crippen molar-refractivity contribution in [2.75, 3.05) is 24.2 Å². The Morgan fingerprint density at radius 1 is 1.64 bits per heavy atom. The van der Waals surface area contributed by atoms with E-state index in [1.54, 1.807) is 6.20 Å². The van der Waals surface area contributed by atoms with E-state index in [1.165, 1.54) is 6.33 Å². The van der Waals surface area contributed by atoms with Crippen molar-refractivity contribution in [3.8, 4) is 0 Å². The first-order valence-electron chi connectivity index (χ1n) is 4.65. The van der Waals surface area contributed by atoms with Crippen molar-refractivity contribution in [3.05, 3.63) is 12.5 Å². The highest BCUT2D eigenvalue weighted by Crippen LogP contribution is 2.11. The average molecular weight is 196 g/mol. The van der Waals surface area contributed by atoms with Crippen molar-refractivity contribution in [1.82, 2.24) is 9.97 Å². The molecule has 0 saturated carbocycles. The lowest BCUT2D eigenvalue weighted by atomic mass is 10.4. The van der Waals surface area contributed by atoms with Gasteiger partial charge in [-0.25, -0.2) is 9.97 Å². The lowest BCUT2D eigenvalue weighted by Gasteiger charge is -2.13. The Morgan fingerprint density at radius 3 is 3.07 bits per heavy atom. The second-order valence-corrected chi connectivity index (χ2v) is 2.97. The van der Waals surface area contributed by atoms with Crippen LogP contribution in [0.3, 0.4) is 0 Å². The Hall–Kier alpha value is -1.36. The smallest absolute Gasteiger partial charge is 0.152 e. The highest BCUT2D eigenvalue weighted by atomic mass is 16.5. The van der Waals surface area contributed by atoms with Crippen LogP contribution in [0.25, 0.3) is 0 Å². The SMILES string of the molecule is CCOC(C)CNc1ncncc1N. The minimum atomic E-state index is 0.148. The summed E-state index contributed by atoms with van der Waals surface area (Å²) in [6.45, 7) is 5.36. The van der Waals surface area contributed by atoms with Gasteiger partial charge in [0.25, 0.3) is 0 Å². The summed E-state index contributed by atoms with van der Waals surface area (Å²) in [7, 11) is 0. The van der Waals surface area contributed by atoms with Gasteiger partial charge in [-0.3, -0.25) is 0 Å². The number of nitrogen functional groups attached to an aromatic ring is 1. The molecule has 0 aliphatic heterocycles. The molecule has 1 rings (SSSR count). The molecule has 1 aromatic heterocycles. The first kappa shape index (κ1) is 10.7. The summed E-state index contributed by atoms with van der Waals surface area (Å²) in [5.74, 6) is 0.659. The van der Waals surface area contributed by atoms with Crippen LogP contribution < -0.4 is 11.1 Å². The number of nitrogens with zero attached hydrogens (tertiary/aromatic N) is 2. The van der Waals surface area contributed by atoms with Gasteiger partial charge in [-0.2, -0.15) is 0 Å². The minimum absolute atomic E-state index is 0.148. The van der Waals surface area contributed by atoms with E-state index in [2.05, 4.69) is 15.3 Å². The maximum atomic E-state index is 5.65. The van der Waals surface area contributed by atoms with Crippen molar-refractivity contribution in [2.45, 2.75) is 20.0 Å². The van der Waals surface area contributed by atoms with Crippen LogP contribution in [0, 0.1) is 0 Å². The number of hydrogen-bond donors (Lipinski definition) is 2. The normalized spacial score (nSPS) is 12.4. The zero-order chi connectivity index (χ0) is 10.4. The van der Waals surface area contributed by atoms with Crippen molar-refractivity contribution < 1.29 is 4.74 Å². The van der Waals surface area contributed by atoms with Gasteiger partial charge in [0.1, 0.15) is 6.33 Å². The van der Waals surface area contributed by atoms with Gasteiger partial charge in [0, 0.05) is 13.2 Å². The molecular weight excluding hydrogens is 180 g/mol. The van der Waals surface area contributed by atoms with Gasteiger partial charge >= 0.3 is 0 Å². The number of anilines is 2. The van der Waals surface area contributed by atoms with E-state index in [0.29, 0.717) is 24.7 Å². The minimum Gasteiger partial charge on any atom is -0.394 e. The molecule has 5 nitrogen and oxygen atoms in total. The molecule has 3 N–H and O–H groups in total. The van der Waals surface area contributed by atoms with Gasteiger partial charge in [-0.15, -0.1) is 0 Å². The maximum absolute atomic E-state index is 5.65. The third kappa shape index (κ3) is 3.18.